The molecule has 0 atom stereocenters. The van der Waals surface area contributed by atoms with Crippen molar-refractivity contribution < 1.29 is 9.53 Å². The SMILES string of the molecule is CCOC(=O)c1c(-c2ccc(C(C)(C)C)cc2)csc1-n1c(C)ccc1C. The van der Waals surface area contributed by atoms with E-state index in [2.05, 4.69) is 81.0 Å². The topological polar surface area (TPSA) is 31.2 Å². The third kappa shape index (κ3) is 3.72. The van der Waals surface area contributed by atoms with Crippen LogP contribution in [0, 0.1) is 13.8 Å². The molecule has 0 aliphatic carbocycles. The van der Waals surface area contributed by atoms with Gasteiger partial charge in [0.1, 0.15) is 10.6 Å². The van der Waals surface area contributed by atoms with E-state index >= 15 is 0 Å². The lowest BCUT2D eigenvalue weighted by atomic mass is 9.86. The molecule has 0 saturated heterocycles. The average molecular weight is 382 g/mol. The van der Waals surface area contributed by atoms with Gasteiger partial charge in [0.15, 0.2) is 0 Å². The standard InChI is InChI=1S/C23H27NO2S/c1-7-26-22(25)20-19(17-10-12-18(13-11-17)23(4,5)6)14-27-21(20)24-15(2)8-9-16(24)3/h8-14H,7H2,1-6H3. The van der Waals surface area contributed by atoms with Crippen molar-refractivity contribution in [3.63, 3.8) is 0 Å². The first kappa shape index (κ1) is 19.4. The minimum absolute atomic E-state index is 0.0989. The molecule has 0 aliphatic heterocycles. The van der Waals surface area contributed by atoms with Crippen molar-refractivity contribution in [3.8, 4) is 16.1 Å². The maximum atomic E-state index is 12.8. The number of hydrogen-bond donors (Lipinski definition) is 0. The van der Waals surface area contributed by atoms with Gasteiger partial charge in [0.05, 0.1) is 6.61 Å². The van der Waals surface area contributed by atoms with Gasteiger partial charge in [0.25, 0.3) is 0 Å². The lowest BCUT2D eigenvalue weighted by molar-refractivity contribution is 0.0528. The van der Waals surface area contributed by atoms with Crippen LogP contribution in [0.5, 0.6) is 0 Å². The summed E-state index contributed by atoms with van der Waals surface area (Å²) in [6.07, 6.45) is 0. The van der Waals surface area contributed by atoms with Crippen LogP contribution in [0.1, 0.15) is 55.0 Å². The summed E-state index contributed by atoms with van der Waals surface area (Å²) in [5, 5.41) is 2.98. The van der Waals surface area contributed by atoms with Gasteiger partial charge in [-0.05, 0) is 49.4 Å². The number of aryl methyl sites for hydroxylation is 2. The number of rotatable bonds is 4. The predicted octanol–water partition coefficient (Wildman–Crippen LogP) is 6.30. The maximum Gasteiger partial charge on any atom is 0.341 e. The van der Waals surface area contributed by atoms with E-state index in [-0.39, 0.29) is 11.4 Å². The van der Waals surface area contributed by atoms with Gasteiger partial charge in [-0.15, -0.1) is 11.3 Å². The first-order valence-corrected chi connectivity index (χ1v) is 10.2. The van der Waals surface area contributed by atoms with Crippen LogP contribution < -0.4 is 0 Å². The van der Waals surface area contributed by atoms with E-state index in [1.54, 1.807) is 11.3 Å². The van der Waals surface area contributed by atoms with Crippen LogP contribution in [-0.2, 0) is 10.2 Å². The molecule has 0 N–H and O–H groups in total. The zero-order valence-corrected chi connectivity index (χ0v) is 17.7. The third-order valence-corrected chi connectivity index (χ3v) is 5.75. The smallest absolute Gasteiger partial charge is 0.341 e. The molecule has 0 amide bonds. The van der Waals surface area contributed by atoms with Crippen LogP contribution in [0.25, 0.3) is 16.1 Å². The minimum Gasteiger partial charge on any atom is -0.462 e. The van der Waals surface area contributed by atoms with Crippen LogP contribution >= 0.6 is 11.3 Å². The Balaban J connectivity index is 2.15. The first-order chi connectivity index (χ1) is 12.7. The molecule has 27 heavy (non-hydrogen) atoms. The van der Waals surface area contributed by atoms with Gasteiger partial charge < -0.3 is 9.30 Å². The Morgan fingerprint density at radius 3 is 2.15 bits per heavy atom. The normalized spacial score (nSPS) is 11.6. The summed E-state index contributed by atoms with van der Waals surface area (Å²) >= 11 is 1.58. The molecule has 0 aliphatic rings. The molecule has 0 unspecified atom stereocenters. The number of thiophene rings is 1. The Bertz CT molecular complexity index is 936. The van der Waals surface area contributed by atoms with Gasteiger partial charge in [0.2, 0.25) is 0 Å². The molecule has 1 aromatic carbocycles. The van der Waals surface area contributed by atoms with Crippen LogP contribution in [0.2, 0.25) is 0 Å². The van der Waals surface area contributed by atoms with Gasteiger partial charge in [-0.1, -0.05) is 45.0 Å². The third-order valence-electron chi connectivity index (χ3n) is 4.79. The van der Waals surface area contributed by atoms with E-state index in [0.717, 1.165) is 27.5 Å². The number of carbonyl (C=O) groups is 1. The van der Waals surface area contributed by atoms with Crippen molar-refractivity contribution in [2.75, 3.05) is 6.61 Å². The van der Waals surface area contributed by atoms with Crippen LogP contribution in [0.4, 0.5) is 0 Å². The fourth-order valence-corrected chi connectivity index (χ4v) is 4.45. The Morgan fingerprint density at radius 2 is 1.63 bits per heavy atom. The molecule has 3 nitrogen and oxygen atoms in total. The number of nitrogens with zero attached hydrogens (tertiary/aromatic N) is 1. The maximum absolute atomic E-state index is 12.8. The van der Waals surface area contributed by atoms with E-state index in [1.807, 2.05) is 6.92 Å². The van der Waals surface area contributed by atoms with Crippen molar-refractivity contribution in [1.82, 2.24) is 4.57 Å². The molecule has 0 bridgehead atoms. The van der Waals surface area contributed by atoms with Gasteiger partial charge in [-0.25, -0.2) is 4.79 Å². The number of benzene rings is 1. The van der Waals surface area contributed by atoms with E-state index in [9.17, 15) is 4.79 Å². The highest BCUT2D eigenvalue weighted by Gasteiger charge is 2.24. The fraction of sp³-hybridized carbons (Fsp3) is 0.348. The molecular formula is C23H27NO2S. The Morgan fingerprint density at radius 1 is 1.04 bits per heavy atom. The number of esters is 1. The molecule has 3 aromatic rings. The van der Waals surface area contributed by atoms with Crippen LogP contribution in [0.3, 0.4) is 0 Å². The van der Waals surface area contributed by atoms with E-state index in [4.69, 9.17) is 4.74 Å². The molecule has 3 rings (SSSR count). The summed E-state index contributed by atoms with van der Waals surface area (Å²) in [7, 11) is 0. The zero-order valence-electron chi connectivity index (χ0n) is 16.9. The van der Waals surface area contributed by atoms with Crippen molar-refractivity contribution in [1.29, 1.82) is 0 Å². The second-order valence-electron chi connectivity index (χ2n) is 7.83. The summed E-state index contributed by atoms with van der Waals surface area (Å²) in [6, 6.07) is 12.6. The molecule has 142 valence electrons. The Labute approximate surface area is 165 Å². The van der Waals surface area contributed by atoms with Gasteiger partial charge in [0, 0.05) is 22.3 Å². The Kier molecular flexibility index (Phi) is 5.29. The average Bonchev–Trinajstić information content (AvgIpc) is 3.17. The van der Waals surface area contributed by atoms with E-state index in [0.29, 0.717) is 12.2 Å². The first-order valence-electron chi connectivity index (χ1n) is 9.29. The monoisotopic (exact) mass is 381 g/mol. The zero-order chi connectivity index (χ0) is 19.8. The van der Waals surface area contributed by atoms with E-state index in [1.165, 1.54) is 5.56 Å². The molecule has 2 heterocycles. The fourth-order valence-electron chi connectivity index (χ4n) is 3.26. The van der Waals surface area contributed by atoms with Gasteiger partial charge in [-0.2, -0.15) is 0 Å². The van der Waals surface area contributed by atoms with Gasteiger partial charge in [-0.3, -0.25) is 0 Å². The predicted molar refractivity (Wildman–Crippen MR) is 113 cm³/mol. The number of hydrogen-bond acceptors (Lipinski definition) is 3. The summed E-state index contributed by atoms with van der Waals surface area (Å²) < 4.78 is 7.53. The highest BCUT2D eigenvalue weighted by molar-refractivity contribution is 7.13. The highest BCUT2D eigenvalue weighted by atomic mass is 32.1. The lowest BCUT2D eigenvalue weighted by Gasteiger charge is -2.19. The quantitative estimate of drug-likeness (QED) is 0.497. The molecule has 0 radical (unpaired) electrons. The second kappa shape index (κ2) is 7.35. The van der Waals surface area contributed by atoms with Crippen LogP contribution in [-0.4, -0.2) is 17.1 Å². The second-order valence-corrected chi connectivity index (χ2v) is 8.69. The number of carbonyl (C=O) groups excluding carboxylic acids is 1. The molecular weight excluding hydrogens is 354 g/mol. The van der Waals surface area contributed by atoms with Gasteiger partial charge >= 0.3 is 5.97 Å². The molecule has 2 aromatic heterocycles. The molecule has 0 spiro atoms. The summed E-state index contributed by atoms with van der Waals surface area (Å²) in [5.74, 6) is -0.267. The summed E-state index contributed by atoms with van der Waals surface area (Å²) in [5.41, 5.74) is 6.20. The van der Waals surface area contributed by atoms with Crippen molar-refractivity contribution in [2.24, 2.45) is 0 Å². The minimum atomic E-state index is -0.267. The molecule has 4 heteroatoms. The highest BCUT2D eigenvalue weighted by Crippen LogP contribution is 2.37. The van der Waals surface area contributed by atoms with Crippen molar-refractivity contribution in [2.45, 2.75) is 47.0 Å². The molecule has 0 fully saturated rings. The van der Waals surface area contributed by atoms with Crippen molar-refractivity contribution >= 4 is 17.3 Å². The summed E-state index contributed by atoms with van der Waals surface area (Å²) in [6.45, 7) is 12.9. The number of ether oxygens (including phenoxy) is 1. The number of aromatic nitrogens is 1. The van der Waals surface area contributed by atoms with E-state index < -0.39 is 0 Å². The Hall–Kier alpha value is -2.33. The largest absolute Gasteiger partial charge is 0.462 e. The lowest BCUT2D eigenvalue weighted by Crippen LogP contribution is -2.11. The van der Waals surface area contributed by atoms with Crippen molar-refractivity contribution in [3.05, 3.63) is 64.3 Å². The summed E-state index contributed by atoms with van der Waals surface area (Å²) in [4.78, 5) is 12.8. The van der Waals surface area contributed by atoms with Crippen LogP contribution in [0.15, 0.2) is 41.8 Å². The molecule has 0 saturated carbocycles.